The van der Waals surface area contributed by atoms with Crippen LogP contribution in [0.3, 0.4) is 0 Å². The van der Waals surface area contributed by atoms with Crippen molar-refractivity contribution in [1.82, 2.24) is 4.98 Å². The van der Waals surface area contributed by atoms with Gasteiger partial charge in [0.15, 0.2) is 0 Å². The maximum absolute atomic E-state index is 10.8. The normalized spacial score (nSPS) is 21.8. The van der Waals surface area contributed by atoms with Crippen molar-refractivity contribution < 1.29 is 5.11 Å². The number of rotatable bonds is 1. The number of para-hydroxylation sites is 1. The van der Waals surface area contributed by atoms with E-state index in [1.54, 1.807) is 0 Å². The average Bonchev–Trinajstić information content (AvgIpc) is 3.04. The molecule has 3 aromatic rings. The van der Waals surface area contributed by atoms with E-state index in [0.717, 1.165) is 0 Å². The zero-order valence-corrected chi connectivity index (χ0v) is 15.6. The molecule has 0 aliphatic carbocycles. The van der Waals surface area contributed by atoms with Crippen molar-refractivity contribution in [3.05, 3.63) is 53.2 Å². The lowest BCUT2D eigenvalue weighted by atomic mass is 9.75. The van der Waals surface area contributed by atoms with Crippen LogP contribution in [0.15, 0.2) is 36.5 Å². The first-order valence-corrected chi connectivity index (χ1v) is 8.98. The maximum atomic E-state index is 10.8. The lowest BCUT2D eigenvalue weighted by molar-refractivity contribution is 0.0866. The molecule has 4 rings (SSSR count). The van der Waals surface area contributed by atoms with E-state index in [4.69, 9.17) is 0 Å². The molecule has 0 saturated heterocycles. The molecule has 3 N–H and O–H groups in total. The van der Waals surface area contributed by atoms with Crippen LogP contribution < -0.4 is 5.32 Å². The summed E-state index contributed by atoms with van der Waals surface area (Å²) >= 11 is 0. The minimum absolute atomic E-state index is 0.0905. The molecule has 1 aromatic heterocycles. The molecule has 2 heterocycles. The summed E-state index contributed by atoms with van der Waals surface area (Å²) in [7, 11) is 0. The van der Waals surface area contributed by atoms with Gasteiger partial charge in [0.25, 0.3) is 0 Å². The molecule has 1 aliphatic heterocycles. The number of fused-ring (bicyclic) bond motifs is 2. The first-order valence-electron chi connectivity index (χ1n) is 8.98. The molecule has 130 valence electrons. The van der Waals surface area contributed by atoms with Crippen LogP contribution in [0.5, 0.6) is 0 Å². The van der Waals surface area contributed by atoms with Crippen LogP contribution in [0, 0.1) is 13.8 Å². The van der Waals surface area contributed by atoms with Crippen LogP contribution in [0.2, 0.25) is 0 Å². The van der Waals surface area contributed by atoms with Crippen LogP contribution in [0.4, 0.5) is 5.69 Å². The highest BCUT2D eigenvalue weighted by molar-refractivity contribution is 5.96. The van der Waals surface area contributed by atoms with Crippen LogP contribution in [-0.4, -0.2) is 21.7 Å². The molecule has 3 heteroatoms. The van der Waals surface area contributed by atoms with Crippen LogP contribution in [0.1, 0.15) is 43.4 Å². The molecule has 1 aliphatic rings. The molecule has 2 atom stereocenters. The Balaban J connectivity index is 1.99. The fourth-order valence-corrected chi connectivity index (χ4v) is 4.45. The summed E-state index contributed by atoms with van der Waals surface area (Å²) in [6.45, 7) is 10.6. The molecule has 0 amide bonds. The van der Waals surface area contributed by atoms with Gasteiger partial charge in [-0.2, -0.15) is 0 Å². The Kier molecular flexibility index (Phi) is 3.48. The summed E-state index contributed by atoms with van der Waals surface area (Å²) in [5.74, 6) is 0.0905. The number of aryl methyl sites for hydroxylation is 1. The van der Waals surface area contributed by atoms with Crippen molar-refractivity contribution in [2.24, 2.45) is 0 Å². The SMILES string of the molecule is Cc1cc(-c2cccc3cc[nH]c23)c(C)c2c1NC(C)(C)C(O)C2C. The molecule has 0 radical (unpaired) electrons. The lowest BCUT2D eigenvalue weighted by Crippen LogP contribution is -2.50. The Hall–Kier alpha value is -2.26. The van der Waals surface area contributed by atoms with Gasteiger partial charge in [0.1, 0.15) is 0 Å². The number of hydrogen-bond donors (Lipinski definition) is 3. The quantitative estimate of drug-likeness (QED) is 0.578. The van der Waals surface area contributed by atoms with E-state index in [1.807, 2.05) is 6.20 Å². The number of H-pyrrole nitrogens is 1. The van der Waals surface area contributed by atoms with Gasteiger partial charge in [0.05, 0.1) is 17.2 Å². The van der Waals surface area contributed by atoms with Crippen molar-refractivity contribution in [3.63, 3.8) is 0 Å². The highest BCUT2D eigenvalue weighted by atomic mass is 16.3. The van der Waals surface area contributed by atoms with Gasteiger partial charge >= 0.3 is 0 Å². The smallest absolute Gasteiger partial charge is 0.0830 e. The molecule has 3 nitrogen and oxygen atoms in total. The van der Waals surface area contributed by atoms with Gasteiger partial charge in [-0.1, -0.05) is 25.1 Å². The minimum Gasteiger partial charge on any atom is -0.390 e. The fourth-order valence-electron chi connectivity index (χ4n) is 4.45. The number of benzene rings is 2. The Labute approximate surface area is 149 Å². The number of hydrogen-bond acceptors (Lipinski definition) is 2. The van der Waals surface area contributed by atoms with Crippen molar-refractivity contribution >= 4 is 16.6 Å². The standard InChI is InChI=1S/C22H26N2O/c1-12-11-17(16-8-6-7-15-9-10-23-20(15)16)13(2)18-14(3)21(25)22(4,5)24-19(12)18/h6-11,14,21,23-25H,1-5H3. The number of aromatic nitrogens is 1. The Morgan fingerprint density at radius 3 is 2.60 bits per heavy atom. The van der Waals surface area contributed by atoms with Crippen molar-refractivity contribution in [2.45, 2.75) is 52.2 Å². The number of aliphatic hydroxyl groups excluding tert-OH is 1. The summed E-state index contributed by atoms with van der Waals surface area (Å²) in [6, 6.07) is 10.8. The van der Waals surface area contributed by atoms with Gasteiger partial charge in [-0.15, -0.1) is 0 Å². The predicted octanol–water partition coefficient (Wildman–Crippen LogP) is 5.12. The maximum Gasteiger partial charge on any atom is 0.0830 e. The summed E-state index contributed by atoms with van der Waals surface area (Å²) in [5.41, 5.74) is 8.20. The van der Waals surface area contributed by atoms with E-state index in [9.17, 15) is 5.11 Å². The molecule has 2 unspecified atom stereocenters. The molecule has 0 fully saturated rings. The van der Waals surface area contributed by atoms with E-state index >= 15 is 0 Å². The van der Waals surface area contributed by atoms with Crippen LogP contribution >= 0.6 is 0 Å². The van der Waals surface area contributed by atoms with Gasteiger partial charge in [-0.3, -0.25) is 0 Å². The van der Waals surface area contributed by atoms with E-state index < -0.39 is 6.10 Å². The highest BCUT2D eigenvalue weighted by Gasteiger charge is 2.40. The van der Waals surface area contributed by atoms with Crippen molar-refractivity contribution in [3.8, 4) is 11.1 Å². The van der Waals surface area contributed by atoms with Crippen molar-refractivity contribution in [2.75, 3.05) is 5.32 Å². The molecule has 0 bridgehead atoms. The van der Waals surface area contributed by atoms with Gasteiger partial charge in [-0.25, -0.2) is 0 Å². The fraction of sp³-hybridized carbons (Fsp3) is 0.364. The second-order valence-corrected chi connectivity index (χ2v) is 7.98. The topological polar surface area (TPSA) is 48.0 Å². The number of nitrogens with one attached hydrogen (secondary N) is 2. The second-order valence-electron chi connectivity index (χ2n) is 7.98. The highest BCUT2D eigenvalue weighted by Crippen LogP contribution is 2.45. The predicted molar refractivity (Wildman–Crippen MR) is 105 cm³/mol. The summed E-state index contributed by atoms with van der Waals surface area (Å²) in [6.07, 6.45) is 1.57. The zero-order valence-electron chi connectivity index (χ0n) is 15.6. The Morgan fingerprint density at radius 1 is 1.08 bits per heavy atom. The third-order valence-corrected chi connectivity index (χ3v) is 5.83. The molecule has 0 spiro atoms. The average molecular weight is 334 g/mol. The Morgan fingerprint density at radius 2 is 1.84 bits per heavy atom. The second kappa shape index (κ2) is 5.37. The van der Waals surface area contributed by atoms with E-state index in [1.165, 1.54) is 44.4 Å². The van der Waals surface area contributed by atoms with Gasteiger partial charge in [0.2, 0.25) is 0 Å². The van der Waals surface area contributed by atoms with E-state index in [2.05, 4.69) is 75.3 Å². The molecule has 0 saturated carbocycles. The minimum atomic E-state index is -0.422. The molecule has 25 heavy (non-hydrogen) atoms. The largest absolute Gasteiger partial charge is 0.390 e. The first-order chi connectivity index (χ1) is 11.8. The van der Waals surface area contributed by atoms with E-state index in [-0.39, 0.29) is 11.5 Å². The number of aromatic amines is 1. The van der Waals surface area contributed by atoms with Crippen LogP contribution in [-0.2, 0) is 0 Å². The lowest BCUT2D eigenvalue weighted by Gasteiger charge is -2.44. The van der Waals surface area contributed by atoms with Gasteiger partial charge < -0.3 is 15.4 Å². The zero-order chi connectivity index (χ0) is 17.9. The third kappa shape index (κ3) is 2.30. The monoisotopic (exact) mass is 334 g/mol. The van der Waals surface area contributed by atoms with Crippen molar-refractivity contribution in [1.29, 1.82) is 0 Å². The summed E-state index contributed by atoms with van der Waals surface area (Å²) in [5, 5.41) is 15.6. The third-order valence-electron chi connectivity index (χ3n) is 5.83. The molecular formula is C22H26N2O. The number of anilines is 1. The van der Waals surface area contributed by atoms with Gasteiger partial charge in [-0.05, 0) is 67.5 Å². The van der Waals surface area contributed by atoms with Crippen LogP contribution in [0.25, 0.3) is 22.0 Å². The molecular weight excluding hydrogens is 308 g/mol. The van der Waals surface area contributed by atoms with E-state index in [0.29, 0.717) is 0 Å². The summed E-state index contributed by atoms with van der Waals surface area (Å²) in [4.78, 5) is 3.38. The Bertz CT molecular complexity index is 968. The number of aliphatic hydroxyl groups is 1. The first kappa shape index (κ1) is 16.2. The summed E-state index contributed by atoms with van der Waals surface area (Å²) < 4.78 is 0. The molecule has 2 aromatic carbocycles. The van der Waals surface area contributed by atoms with Gasteiger partial charge in [0, 0.05) is 23.4 Å².